The third kappa shape index (κ3) is 4.11. The van der Waals surface area contributed by atoms with Crippen molar-refractivity contribution in [2.75, 3.05) is 17.2 Å². The summed E-state index contributed by atoms with van der Waals surface area (Å²) in [4.78, 5) is 28.2. The molecular formula is C21H21N5O3. The maximum absolute atomic E-state index is 12.2. The second-order valence-electron chi connectivity index (χ2n) is 7.00. The predicted molar refractivity (Wildman–Crippen MR) is 108 cm³/mol. The molecule has 0 aliphatic carbocycles. The van der Waals surface area contributed by atoms with Gasteiger partial charge in [0.2, 0.25) is 11.9 Å². The number of amides is 2. The highest BCUT2D eigenvalue weighted by atomic mass is 16.5. The summed E-state index contributed by atoms with van der Waals surface area (Å²) in [6.45, 7) is 3.91. The van der Waals surface area contributed by atoms with Crippen molar-refractivity contribution in [3.63, 3.8) is 0 Å². The maximum atomic E-state index is 12.2. The van der Waals surface area contributed by atoms with Gasteiger partial charge in [-0.1, -0.05) is 18.2 Å². The van der Waals surface area contributed by atoms with Crippen LogP contribution in [0.3, 0.4) is 0 Å². The van der Waals surface area contributed by atoms with Gasteiger partial charge in [-0.15, -0.1) is 0 Å². The lowest BCUT2D eigenvalue weighted by Gasteiger charge is -2.24. The van der Waals surface area contributed by atoms with E-state index in [0.717, 1.165) is 16.8 Å². The van der Waals surface area contributed by atoms with Crippen LogP contribution in [0.1, 0.15) is 29.2 Å². The molecule has 0 saturated heterocycles. The third-order valence-corrected chi connectivity index (χ3v) is 4.90. The first-order valence-corrected chi connectivity index (χ1v) is 9.29. The minimum absolute atomic E-state index is 0.115. The lowest BCUT2D eigenvalue weighted by atomic mass is 10.0. The molecule has 0 fully saturated rings. The van der Waals surface area contributed by atoms with Crippen LogP contribution in [0, 0.1) is 13.8 Å². The Morgan fingerprint density at radius 3 is 2.93 bits per heavy atom. The Balaban J connectivity index is 1.42. The zero-order valence-corrected chi connectivity index (χ0v) is 16.2. The number of carbonyl (C=O) groups is 2. The Morgan fingerprint density at radius 1 is 1.24 bits per heavy atom. The van der Waals surface area contributed by atoms with E-state index in [-0.39, 0.29) is 30.9 Å². The average Bonchev–Trinajstić information content (AvgIpc) is 3.17. The molecule has 4 rings (SSSR count). The molecule has 2 heterocycles. The minimum atomic E-state index is -0.269. The summed E-state index contributed by atoms with van der Waals surface area (Å²) >= 11 is 0. The number of aryl methyl sites for hydroxylation is 2. The second-order valence-corrected chi connectivity index (χ2v) is 7.00. The average molecular weight is 391 g/mol. The Bertz CT molecular complexity index is 1080. The van der Waals surface area contributed by atoms with Crippen LogP contribution < -0.4 is 15.4 Å². The second kappa shape index (κ2) is 7.75. The van der Waals surface area contributed by atoms with Gasteiger partial charge < -0.3 is 10.1 Å². The molecule has 1 unspecified atom stereocenters. The fourth-order valence-electron chi connectivity index (χ4n) is 3.24. The minimum Gasteiger partial charge on any atom is -0.484 e. The molecule has 8 heteroatoms. The van der Waals surface area contributed by atoms with Crippen LogP contribution in [0.15, 0.2) is 48.8 Å². The van der Waals surface area contributed by atoms with Crippen LogP contribution in [-0.4, -0.2) is 33.2 Å². The molecular weight excluding hydrogens is 370 g/mol. The van der Waals surface area contributed by atoms with Gasteiger partial charge in [-0.05, 0) is 54.8 Å². The van der Waals surface area contributed by atoms with Crippen LogP contribution in [0.25, 0.3) is 0 Å². The Hall–Kier alpha value is -3.68. The molecule has 0 radical (unpaired) electrons. The van der Waals surface area contributed by atoms with Gasteiger partial charge in [-0.25, -0.2) is 4.68 Å². The van der Waals surface area contributed by atoms with E-state index in [1.54, 1.807) is 10.7 Å². The molecule has 8 nitrogen and oxygen atoms in total. The zero-order valence-electron chi connectivity index (χ0n) is 16.2. The fraction of sp³-hybridized carbons (Fsp3) is 0.238. The summed E-state index contributed by atoms with van der Waals surface area (Å²) in [5.41, 5.74) is 3.88. The number of benzene rings is 2. The number of anilines is 2. The van der Waals surface area contributed by atoms with Crippen LogP contribution in [-0.2, 0) is 9.59 Å². The maximum Gasteiger partial charge on any atom is 0.262 e. The van der Waals surface area contributed by atoms with E-state index in [4.69, 9.17) is 4.74 Å². The van der Waals surface area contributed by atoms with E-state index >= 15 is 0 Å². The van der Waals surface area contributed by atoms with E-state index in [1.807, 2.05) is 50.2 Å². The molecule has 29 heavy (non-hydrogen) atoms. The number of carbonyl (C=O) groups excluding carboxylic acids is 2. The van der Waals surface area contributed by atoms with Crippen LogP contribution in [0.4, 0.5) is 11.6 Å². The number of hydrogen-bond acceptors (Lipinski definition) is 5. The van der Waals surface area contributed by atoms with Crippen LogP contribution in [0.2, 0.25) is 0 Å². The van der Waals surface area contributed by atoms with Crippen LogP contribution in [0.5, 0.6) is 5.75 Å². The fourth-order valence-corrected chi connectivity index (χ4v) is 3.24. The molecule has 1 aliphatic heterocycles. The van der Waals surface area contributed by atoms with Gasteiger partial charge in [0.05, 0.1) is 12.5 Å². The van der Waals surface area contributed by atoms with Gasteiger partial charge in [-0.2, -0.15) is 10.1 Å². The number of hydrogen-bond donors (Lipinski definition) is 2. The SMILES string of the molecule is Cc1ccc(NC(=O)COc2cccc(C3CC(=O)Nc4ncnn43)c2)cc1C. The van der Waals surface area contributed by atoms with E-state index in [0.29, 0.717) is 11.7 Å². The van der Waals surface area contributed by atoms with Crippen LogP contribution >= 0.6 is 0 Å². The summed E-state index contributed by atoms with van der Waals surface area (Å²) in [5.74, 6) is 0.611. The third-order valence-electron chi connectivity index (χ3n) is 4.90. The highest BCUT2D eigenvalue weighted by Gasteiger charge is 2.27. The van der Waals surface area contributed by atoms with E-state index < -0.39 is 0 Å². The number of nitrogens with zero attached hydrogens (tertiary/aromatic N) is 3. The summed E-state index contributed by atoms with van der Waals surface area (Å²) in [5, 5.41) is 9.72. The van der Waals surface area contributed by atoms with Crippen molar-refractivity contribution in [3.05, 3.63) is 65.5 Å². The molecule has 148 valence electrons. The van der Waals surface area contributed by atoms with Crippen molar-refractivity contribution < 1.29 is 14.3 Å². The molecule has 1 aromatic heterocycles. The normalized spacial score (nSPS) is 15.4. The number of ether oxygens (including phenoxy) is 1. The Morgan fingerprint density at radius 2 is 2.10 bits per heavy atom. The van der Waals surface area contributed by atoms with E-state index in [2.05, 4.69) is 20.7 Å². The summed E-state index contributed by atoms with van der Waals surface area (Å²) < 4.78 is 7.34. The first-order valence-electron chi connectivity index (χ1n) is 9.29. The van der Waals surface area contributed by atoms with Crippen molar-refractivity contribution in [1.29, 1.82) is 0 Å². The first kappa shape index (κ1) is 18.7. The van der Waals surface area contributed by atoms with Gasteiger partial charge >= 0.3 is 0 Å². The largest absolute Gasteiger partial charge is 0.484 e. The smallest absolute Gasteiger partial charge is 0.262 e. The van der Waals surface area contributed by atoms with E-state index in [9.17, 15) is 9.59 Å². The molecule has 3 aromatic rings. The lowest BCUT2D eigenvalue weighted by Crippen LogP contribution is -2.29. The summed E-state index contributed by atoms with van der Waals surface area (Å²) in [6, 6.07) is 12.8. The van der Waals surface area contributed by atoms with Gasteiger partial charge in [-0.3, -0.25) is 14.9 Å². The Kier molecular flexibility index (Phi) is 4.99. The van der Waals surface area contributed by atoms with Gasteiger partial charge in [0.1, 0.15) is 12.1 Å². The zero-order chi connectivity index (χ0) is 20.4. The van der Waals surface area contributed by atoms with Crippen molar-refractivity contribution in [2.24, 2.45) is 0 Å². The number of aromatic nitrogens is 3. The highest BCUT2D eigenvalue weighted by Crippen LogP contribution is 2.30. The monoisotopic (exact) mass is 391 g/mol. The van der Waals surface area contributed by atoms with Crippen molar-refractivity contribution >= 4 is 23.5 Å². The lowest BCUT2D eigenvalue weighted by molar-refractivity contribution is -0.118. The van der Waals surface area contributed by atoms with Gasteiger partial charge in [0.15, 0.2) is 6.61 Å². The molecule has 0 spiro atoms. The topological polar surface area (TPSA) is 98.1 Å². The van der Waals surface area contributed by atoms with Gasteiger partial charge in [0, 0.05) is 5.69 Å². The van der Waals surface area contributed by atoms with E-state index in [1.165, 1.54) is 11.9 Å². The number of rotatable bonds is 5. The van der Waals surface area contributed by atoms with Crippen molar-refractivity contribution in [2.45, 2.75) is 26.3 Å². The Labute approximate surface area is 167 Å². The summed E-state index contributed by atoms with van der Waals surface area (Å²) in [6.07, 6.45) is 1.67. The molecule has 2 N–H and O–H groups in total. The summed E-state index contributed by atoms with van der Waals surface area (Å²) in [7, 11) is 0. The molecule has 0 saturated carbocycles. The first-order chi connectivity index (χ1) is 14.0. The molecule has 2 aromatic carbocycles. The predicted octanol–water partition coefficient (Wildman–Crippen LogP) is 2.84. The molecule has 0 bridgehead atoms. The molecule has 1 atom stereocenters. The van der Waals surface area contributed by atoms with Crippen molar-refractivity contribution in [1.82, 2.24) is 14.8 Å². The number of fused-ring (bicyclic) bond motifs is 1. The quantitative estimate of drug-likeness (QED) is 0.697. The highest BCUT2D eigenvalue weighted by molar-refractivity contribution is 5.92. The molecule has 1 aliphatic rings. The molecule has 2 amide bonds. The van der Waals surface area contributed by atoms with Gasteiger partial charge in [0.25, 0.3) is 5.91 Å². The standard InChI is InChI=1S/C21H21N5O3/c1-13-6-7-16(8-14(13)2)24-20(28)11-29-17-5-3-4-15(9-17)18-10-19(27)25-21-22-12-23-26(18)21/h3-9,12,18H,10-11H2,1-2H3,(H,24,28)(H,22,23,25,27). The number of nitrogens with one attached hydrogen (secondary N) is 2. The van der Waals surface area contributed by atoms with Crippen molar-refractivity contribution in [3.8, 4) is 5.75 Å².